The van der Waals surface area contributed by atoms with Gasteiger partial charge in [0.25, 0.3) is 0 Å². The van der Waals surface area contributed by atoms with Crippen LogP contribution < -0.4 is 0 Å². The molecule has 0 aromatic heterocycles. The van der Waals surface area contributed by atoms with Crippen LogP contribution in [0.1, 0.15) is 25.7 Å². The standard InChI is InChI=1S/C10H16O2/c1-2-3-4-10(11)7-9-5-6-12-8-9/h1,9-11H,3-8H2. The SMILES string of the molecule is C#CCCC(O)CC1CCOC1. The summed E-state index contributed by atoms with van der Waals surface area (Å²) in [4.78, 5) is 0. The van der Waals surface area contributed by atoms with Crippen molar-refractivity contribution in [2.45, 2.75) is 31.8 Å². The zero-order valence-corrected chi connectivity index (χ0v) is 7.33. The summed E-state index contributed by atoms with van der Waals surface area (Å²) in [7, 11) is 0. The number of hydrogen-bond donors (Lipinski definition) is 1. The van der Waals surface area contributed by atoms with Gasteiger partial charge in [0.2, 0.25) is 0 Å². The second-order valence-corrected chi connectivity index (χ2v) is 3.36. The van der Waals surface area contributed by atoms with Gasteiger partial charge >= 0.3 is 0 Å². The Balaban J connectivity index is 2.08. The van der Waals surface area contributed by atoms with Crippen LogP contribution >= 0.6 is 0 Å². The van der Waals surface area contributed by atoms with Gasteiger partial charge in [0.05, 0.1) is 6.10 Å². The van der Waals surface area contributed by atoms with Gasteiger partial charge in [-0.2, -0.15) is 0 Å². The van der Waals surface area contributed by atoms with E-state index in [1.165, 1.54) is 0 Å². The van der Waals surface area contributed by atoms with Gasteiger partial charge in [0, 0.05) is 19.6 Å². The minimum absolute atomic E-state index is 0.229. The molecule has 0 aromatic rings. The number of hydrogen-bond acceptors (Lipinski definition) is 2. The lowest BCUT2D eigenvalue weighted by Crippen LogP contribution is -2.13. The summed E-state index contributed by atoms with van der Waals surface area (Å²) in [5, 5.41) is 9.49. The molecule has 0 aliphatic carbocycles. The first-order chi connectivity index (χ1) is 5.83. The molecule has 1 aliphatic heterocycles. The Morgan fingerprint density at radius 1 is 1.67 bits per heavy atom. The Bertz CT molecular complexity index is 154. The average molecular weight is 168 g/mol. The minimum atomic E-state index is -0.229. The highest BCUT2D eigenvalue weighted by Crippen LogP contribution is 2.19. The van der Waals surface area contributed by atoms with Gasteiger partial charge in [-0.25, -0.2) is 0 Å². The lowest BCUT2D eigenvalue weighted by Gasteiger charge is -2.12. The van der Waals surface area contributed by atoms with Crippen molar-refractivity contribution in [2.75, 3.05) is 13.2 Å². The quantitative estimate of drug-likeness (QED) is 0.639. The Hall–Kier alpha value is -0.520. The Morgan fingerprint density at radius 3 is 3.08 bits per heavy atom. The predicted octanol–water partition coefficient (Wildman–Crippen LogP) is 1.19. The van der Waals surface area contributed by atoms with Crippen LogP contribution in [0.25, 0.3) is 0 Å². The second-order valence-electron chi connectivity index (χ2n) is 3.36. The monoisotopic (exact) mass is 168 g/mol. The number of ether oxygens (including phenoxy) is 1. The first-order valence-electron chi connectivity index (χ1n) is 4.52. The minimum Gasteiger partial charge on any atom is -0.393 e. The van der Waals surface area contributed by atoms with Crippen LogP contribution in [-0.2, 0) is 4.74 Å². The summed E-state index contributed by atoms with van der Waals surface area (Å²) in [6.07, 6.45) is 8.21. The fourth-order valence-corrected chi connectivity index (χ4v) is 1.52. The van der Waals surface area contributed by atoms with Crippen molar-refractivity contribution in [2.24, 2.45) is 5.92 Å². The van der Waals surface area contributed by atoms with Crippen LogP contribution in [0.3, 0.4) is 0 Å². The molecule has 0 radical (unpaired) electrons. The Kier molecular flexibility index (Phi) is 4.13. The van der Waals surface area contributed by atoms with Crippen molar-refractivity contribution in [3.8, 4) is 12.3 Å². The van der Waals surface area contributed by atoms with E-state index in [2.05, 4.69) is 5.92 Å². The Morgan fingerprint density at radius 2 is 2.50 bits per heavy atom. The van der Waals surface area contributed by atoms with E-state index < -0.39 is 0 Å². The van der Waals surface area contributed by atoms with E-state index in [-0.39, 0.29) is 6.10 Å². The molecule has 2 atom stereocenters. The molecular formula is C10H16O2. The molecule has 0 aromatic carbocycles. The summed E-state index contributed by atoms with van der Waals surface area (Å²) in [5.74, 6) is 3.09. The van der Waals surface area contributed by atoms with Gasteiger partial charge in [-0.05, 0) is 25.2 Å². The first kappa shape index (κ1) is 9.57. The van der Waals surface area contributed by atoms with Crippen LogP contribution in [0, 0.1) is 18.3 Å². The van der Waals surface area contributed by atoms with E-state index in [0.29, 0.717) is 12.3 Å². The third kappa shape index (κ3) is 3.25. The second kappa shape index (κ2) is 5.18. The third-order valence-corrected chi connectivity index (χ3v) is 2.25. The molecule has 68 valence electrons. The van der Waals surface area contributed by atoms with Gasteiger partial charge < -0.3 is 9.84 Å². The average Bonchev–Trinajstić information content (AvgIpc) is 2.53. The maximum atomic E-state index is 9.49. The fraction of sp³-hybridized carbons (Fsp3) is 0.800. The van der Waals surface area contributed by atoms with Crippen LogP contribution in [-0.4, -0.2) is 24.4 Å². The summed E-state index contributed by atoms with van der Waals surface area (Å²) < 4.78 is 5.21. The Labute approximate surface area is 73.9 Å². The molecule has 1 heterocycles. The van der Waals surface area contributed by atoms with E-state index in [1.54, 1.807) is 0 Å². The highest BCUT2D eigenvalue weighted by Gasteiger charge is 2.18. The zero-order valence-electron chi connectivity index (χ0n) is 7.33. The van der Waals surface area contributed by atoms with E-state index >= 15 is 0 Å². The number of aliphatic hydroxyl groups excluding tert-OH is 1. The van der Waals surface area contributed by atoms with Crippen molar-refractivity contribution in [3.63, 3.8) is 0 Å². The van der Waals surface area contributed by atoms with Gasteiger partial charge in [-0.15, -0.1) is 12.3 Å². The fourth-order valence-electron chi connectivity index (χ4n) is 1.52. The largest absolute Gasteiger partial charge is 0.393 e. The number of terminal acetylenes is 1. The normalized spacial score (nSPS) is 25.2. The number of rotatable bonds is 4. The first-order valence-corrected chi connectivity index (χ1v) is 4.52. The third-order valence-electron chi connectivity index (χ3n) is 2.25. The number of aliphatic hydroxyl groups is 1. The summed E-state index contributed by atoms with van der Waals surface area (Å²) >= 11 is 0. The molecule has 2 nitrogen and oxygen atoms in total. The molecule has 12 heavy (non-hydrogen) atoms. The molecule has 0 bridgehead atoms. The summed E-state index contributed by atoms with van der Waals surface area (Å²) in [6, 6.07) is 0. The highest BCUT2D eigenvalue weighted by molar-refractivity contribution is 4.84. The van der Waals surface area contributed by atoms with Crippen molar-refractivity contribution in [3.05, 3.63) is 0 Å². The van der Waals surface area contributed by atoms with Crippen molar-refractivity contribution < 1.29 is 9.84 Å². The van der Waals surface area contributed by atoms with Gasteiger partial charge in [0.1, 0.15) is 0 Å². The van der Waals surface area contributed by atoms with Crippen molar-refractivity contribution >= 4 is 0 Å². The van der Waals surface area contributed by atoms with Crippen LogP contribution in [0.5, 0.6) is 0 Å². The van der Waals surface area contributed by atoms with Crippen LogP contribution in [0.15, 0.2) is 0 Å². The molecule has 0 saturated carbocycles. The summed E-state index contributed by atoms with van der Waals surface area (Å²) in [6.45, 7) is 1.67. The van der Waals surface area contributed by atoms with E-state index in [4.69, 9.17) is 11.2 Å². The molecular weight excluding hydrogens is 152 g/mol. The molecule has 0 amide bonds. The van der Waals surface area contributed by atoms with Crippen LogP contribution in [0.2, 0.25) is 0 Å². The van der Waals surface area contributed by atoms with Crippen molar-refractivity contribution in [1.82, 2.24) is 0 Å². The van der Waals surface area contributed by atoms with Gasteiger partial charge in [-0.3, -0.25) is 0 Å². The predicted molar refractivity (Wildman–Crippen MR) is 47.6 cm³/mol. The maximum absolute atomic E-state index is 9.49. The smallest absolute Gasteiger partial charge is 0.0552 e. The van der Waals surface area contributed by atoms with Crippen LogP contribution in [0.4, 0.5) is 0 Å². The molecule has 2 unspecified atom stereocenters. The molecule has 1 rings (SSSR count). The van der Waals surface area contributed by atoms with E-state index in [0.717, 1.165) is 32.5 Å². The highest BCUT2D eigenvalue weighted by atomic mass is 16.5. The van der Waals surface area contributed by atoms with E-state index in [1.807, 2.05) is 0 Å². The lowest BCUT2D eigenvalue weighted by molar-refractivity contribution is 0.123. The zero-order chi connectivity index (χ0) is 8.81. The van der Waals surface area contributed by atoms with Crippen molar-refractivity contribution in [1.29, 1.82) is 0 Å². The molecule has 2 heteroatoms. The van der Waals surface area contributed by atoms with Gasteiger partial charge in [-0.1, -0.05) is 0 Å². The van der Waals surface area contributed by atoms with Gasteiger partial charge in [0.15, 0.2) is 0 Å². The van der Waals surface area contributed by atoms with E-state index in [9.17, 15) is 5.11 Å². The molecule has 1 aliphatic rings. The summed E-state index contributed by atoms with van der Waals surface area (Å²) in [5.41, 5.74) is 0. The molecule has 1 N–H and O–H groups in total. The molecule has 1 saturated heterocycles. The maximum Gasteiger partial charge on any atom is 0.0552 e. The molecule has 0 spiro atoms. The molecule has 1 fully saturated rings. The topological polar surface area (TPSA) is 29.5 Å². The lowest BCUT2D eigenvalue weighted by atomic mass is 9.98.